The zero-order valence-corrected chi connectivity index (χ0v) is 15.2. The number of nitrogens with zero attached hydrogens (tertiary/aromatic N) is 2. The lowest BCUT2D eigenvalue weighted by Crippen LogP contribution is -2.34. The van der Waals surface area contributed by atoms with Crippen molar-refractivity contribution < 1.29 is 14.4 Å². The van der Waals surface area contributed by atoms with E-state index in [1.165, 1.54) is 0 Å². The molecule has 2 aliphatic heterocycles. The van der Waals surface area contributed by atoms with E-state index in [4.69, 9.17) is 0 Å². The van der Waals surface area contributed by atoms with E-state index in [0.717, 1.165) is 50.0 Å². The predicted molar refractivity (Wildman–Crippen MR) is 99.5 cm³/mol. The fourth-order valence-corrected chi connectivity index (χ4v) is 3.52. The number of carbonyl (C=O) groups is 3. The molecule has 0 saturated carbocycles. The lowest BCUT2D eigenvalue weighted by molar-refractivity contribution is -0.131. The van der Waals surface area contributed by atoms with E-state index < -0.39 is 0 Å². The van der Waals surface area contributed by atoms with Crippen LogP contribution in [0.5, 0.6) is 0 Å². The SMILES string of the molecule is O=C(CCN1CCCCCC1=O)NCc1ccc(N2CCCC2=O)cc1. The van der Waals surface area contributed by atoms with E-state index in [9.17, 15) is 14.4 Å². The van der Waals surface area contributed by atoms with Gasteiger partial charge in [0.25, 0.3) is 0 Å². The van der Waals surface area contributed by atoms with Crippen LogP contribution in [0.2, 0.25) is 0 Å². The first-order valence-electron chi connectivity index (χ1n) is 9.57. The maximum atomic E-state index is 12.1. The number of anilines is 1. The smallest absolute Gasteiger partial charge is 0.227 e. The third kappa shape index (κ3) is 4.84. The number of hydrogen-bond donors (Lipinski definition) is 1. The number of amides is 3. The van der Waals surface area contributed by atoms with Gasteiger partial charge < -0.3 is 15.1 Å². The Balaban J connectivity index is 1.42. The largest absolute Gasteiger partial charge is 0.352 e. The normalized spacial score (nSPS) is 18.2. The summed E-state index contributed by atoms with van der Waals surface area (Å²) in [4.78, 5) is 39.4. The Morgan fingerprint density at radius 2 is 1.69 bits per heavy atom. The molecule has 2 fully saturated rings. The Hall–Kier alpha value is -2.37. The maximum absolute atomic E-state index is 12.1. The summed E-state index contributed by atoms with van der Waals surface area (Å²) in [5, 5.41) is 2.91. The predicted octanol–water partition coefficient (Wildman–Crippen LogP) is 2.22. The minimum absolute atomic E-state index is 0.0409. The Kier molecular flexibility index (Phi) is 6.26. The van der Waals surface area contributed by atoms with Gasteiger partial charge >= 0.3 is 0 Å². The molecular weight excluding hydrogens is 330 g/mol. The molecule has 2 aliphatic rings. The zero-order valence-electron chi connectivity index (χ0n) is 15.2. The van der Waals surface area contributed by atoms with Gasteiger partial charge in [0, 0.05) is 51.1 Å². The summed E-state index contributed by atoms with van der Waals surface area (Å²) >= 11 is 0. The summed E-state index contributed by atoms with van der Waals surface area (Å²) in [7, 11) is 0. The molecule has 3 rings (SSSR count). The summed E-state index contributed by atoms with van der Waals surface area (Å²) in [5.74, 6) is 0.303. The van der Waals surface area contributed by atoms with Crippen molar-refractivity contribution in [3.8, 4) is 0 Å². The molecule has 0 aliphatic carbocycles. The third-order valence-electron chi connectivity index (χ3n) is 5.09. The second-order valence-electron chi connectivity index (χ2n) is 7.03. The first kappa shape index (κ1) is 18.4. The highest BCUT2D eigenvalue weighted by Gasteiger charge is 2.21. The molecule has 140 valence electrons. The minimum Gasteiger partial charge on any atom is -0.352 e. The summed E-state index contributed by atoms with van der Waals surface area (Å²) in [6.45, 7) is 2.51. The van der Waals surface area contributed by atoms with Gasteiger partial charge in [-0.2, -0.15) is 0 Å². The molecule has 0 spiro atoms. The van der Waals surface area contributed by atoms with Crippen molar-refractivity contribution in [1.82, 2.24) is 10.2 Å². The number of carbonyl (C=O) groups excluding carboxylic acids is 3. The fourth-order valence-electron chi connectivity index (χ4n) is 3.52. The standard InChI is InChI=1S/C20H27N3O3/c24-18(11-14-22-12-3-1-2-5-19(22)25)21-15-16-7-9-17(10-8-16)23-13-4-6-20(23)26/h7-10H,1-6,11-15H2,(H,21,24). The molecular formula is C20H27N3O3. The van der Waals surface area contributed by atoms with Gasteiger partial charge in [-0.3, -0.25) is 14.4 Å². The van der Waals surface area contributed by atoms with Gasteiger partial charge in [0.15, 0.2) is 0 Å². The van der Waals surface area contributed by atoms with E-state index in [1.54, 1.807) is 4.90 Å². The lowest BCUT2D eigenvalue weighted by atomic mass is 10.2. The molecule has 6 heteroatoms. The average molecular weight is 357 g/mol. The molecule has 2 saturated heterocycles. The highest BCUT2D eigenvalue weighted by molar-refractivity contribution is 5.95. The van der Waals surface area contributed by atoms with Crippen molar-refractivity contribution in [2.75, 3.05) is 24.5 Å². The van der Waals surface area contributed by atoms with Gasteiger partial charge in [-0.15, -0.1) is 0 Å². The highest BCUT2D eigenvalue weighted by atomic mass is 16.2. The van der Waals surface area contributed by atoms with Crippen LogP contribution in [0.4, 0.5) is 5.69 Å². The van der Waals surface area contributed by atoms with Gasteiger partial charge in [-0.05, 0) is 37.0 Å². The zero-order chi connectivity index (χ0) is 18.4. The molecule has 0 aromatic heterocycles. The van der Waals surface area contributed by atoms with Crippen LogP contribution >= 0.6 is 0 Å². The van der Waals surface area contributed by atoms with Crippen LogP contribution in [0.25, 0.3) is 0 Å². The molecule has 3 amide bonds. The molecule has 2 heterocycles. The van der Waals surface area contributed by atoms with Crippen molar-refractivity contribution >= 4 is 23.4 Å². The van der Waals surface area contributed by atoms with Gasteiger partial charge in [0.1, 0.15) is 0 Å². The van der Waals surface area contributed by atoms with Crippen molar-refractivity contribution in [2.45, 2.75) is 51.5 Å². The van der Waals surface area contributed by atoms with Gasteiger partial charge in [-0.25, -0.2) is 0 Å². The van der Waals surface area contributed by atoms with Crippen LogP contribution in [-0.2, 0) is 20.9 Å². The lowest BCUT2D eigenvalue weighted by Gasteiger charge is -2.20. The van der Waals surface area contributed by atoms with E-state index in [1.807, 2.05) is 29.2 Å². The Morgan fingerprint density at radius 1 is 0.923 bits per heavy atom. The first-order chi connectivity index (χ1) is 12.6. The van der Waals surface area contributed by atoms with Gasteiger partial charge in [0.05, 0.1) is 0 Å². The van der Waals surface area contributed by atoms with Crippen molar-refractivity contribution in [2.24, 2.45) is 0 Å². The van der Waals surface area contributed by atoms with Crippen LogP contribution in [-0.4, -0.2) is 42.3 Å². The van der Waals surface area contributed by atoms with Crippen LogP contribution in [0.15, 0.2) is 24.3 Å². The maximum Gasteiger partial charge on any atom is 0.227 e. The van der Waals surface area contributed by atoms with Gasteiger partial charge in [0.2, 0.25) is 17.7 Å². The van der Waals surface area contributed by atoms with E-state index in [-0.39, 0.29) is 17.7 Å². The monoisotopic (exact) mass is 357 g/mol. The van der Waals surface area contributed by atoms with Crippen molar-refractivity contribution in [1.29, 1.82) is 0 Å². The van der Waals surface area contributed by atoms with Crippen LogP contribution in [0.1, 0.15) is 50.5 Å². The van der Waals surface area contributed by atoms with Crippen LogP contribution in [0, 0.1) is 0 Å². The number of rotatable bonds is 6. The molecule has 0 unspecified atom stereocenters. The molecule has 1 N–H and O–H groups in total. The van der Waals surface area contributed by atoms with Crippen molar-refractivity contribution in [3.05, 3.63) is 29.8 Å². The summed E-state index contributed by atoms with van der Waals surface area (Å²) in [5.41, 5.74) is 1.92. The van der Waals surface area contributed by atoms with Gasteiger partial charge in [-0.1, -0.05) is 18.6 Å². The summed E-state index contributed by atoms with van der Waals surface area (Å²) in [6.07, 6.45) is 5.56. The van der Waals surface area contributed by atoms with Crippen molar-refractivity contribution in [3.63, 3.8) is 0 Å². The quantitative estimate of drug-likeness (QED) is 0.849. The topological polar surface area (TPSA) is 69.7 Å². The first-order valence-corrected chi connectivity index (χ1v) is 9.57. The van der Waals surface area contributed by atoms with E-state index >= 15 is 0 Å². The molecule has 26 heavy (non-hydrogen) atoms. The highest BCUT2D eigenvalue weighted by Crippen LogP contribution is 2.21. The number of hydrogen-bond acceptors (Lipinski definition) is 3. The molecule has 1 aromatic rings. The fraction of sp³-hybridized carbons (Fsp3) is 0.550. The molecule has 0 atom stereocenters. The number of nitrogens with one attached hydrogen (secondary N) is 1. The average Bonchev–Trinajstić information content (AvgIpc) is 2.97. The second-order valence-corrected chi connectivity index (χ2v) is 7.03. The Morgan fingerprint density at radius 3 is 2.42 bits per heavy atom. The molecule has 6 nitrogen and oxygen atoms in total. The van der Waals surface area contributed by atoms with E-state index in [2.05, 4.69) is 5.32 Å². The van der Waals surface area contributed by atoms with Crippen LogP contribution < -0.4 is 10.2 Å². The van der Waals surface area contributed by atoms with Crippen LogP contribution in [0.3, 0.4) is 0 Å². The summed E-state index contributed by atoms with van der Waals surface area (Å²) in [6, 6.07) is 7.75. The third-order valence-corrected chi connectivity index (χ3v) is 5.09. The number of likely N-dealkylation sites (tertiary alicyclic amines) is 1. The molecule has 1 aromatic carbocycles. The second kappa shape index (κ2) is 8.83. The van der Waals surface area contributed by atoms with E-state index in [0.29, 0.717) is 32.4 Å². The minimum atomic E-state index is -0.0409. The number of benzene rings is 1. The Bertz CT molecular complexity index is 657. The molecule has 0 radical (unpaired) electrons. The Labute approximate surface area is 154 Å². The molecule has 0 bridgehead atoms. The summed E-state index contributed by atoms with van der Waals surface area (Å²) < 4.78 is 0.